The molecule has 0 saturated carbocycles. The number of esters is 1. The van der Waals surface area contributed by atoms with Crippen molar-refractivity contribution in [3.63, 3.8) is 0 Å². The molecular formula is C37H61NO12. The third-order valence-corrected chi connectivity index (χ3v) is 10.7. The number of rotatable bonds is 9. The average molecular weight is 712 g/mol. The molecule has 0 aromatic carbocycles. The number of likely N-dealkylation sites (N-methyl/N-ethyl adjacent to an activating group) is 1. The fraction of sp³-hybridized carbons (Fsp3) is 0.838. The summed E-state index contributed by atoms with van der Waals surface area (Å²) in [7, 11) is 6.85. The molecule has 3 saturated heterocycles. The summed E-state index contributed by atoms with van der Waals surface area (Å²) in [6, 6.07) is -0.144. The van der Waals surface area contributed by atoms with Crippen LogP contribution in [-0.4, -0.2) is 141 Å². The van der Waals surface area contributed by atoms with Crippen LogP contribution in [0.1, 0.15) is 60.8 Å². The number of carbonyl (C=O) groups excluding carboxylic acids is 2. The maximum atomic E-state index is 13.4. The lowest BCUT2D eigenvalue weighted by atomic mass is 9.84. The fourth-order valence-electron chi connectivity index (χ4n) is 7.64. The number of aliphatic hydroxyl groups excluding tert-OH is 2. The van der Waals surface area contributed by atoms with E-state index in [9.17, 15) is 19.8 Å². The number of hydrogen-bond acceptors (Lipinski definition) is 13. The van der Waals surface area contributed by atoms with Gasteiger partial charge in [-0.15, -0.1) is 0 Å². The first kappa shape index (κ1) is 41.0. The van der Waals surface area contributed by atoms with Crippen LogP contribution in [0.2, 0.25) is 0 Å². The highest BCUT2D eigenvalue weighted by Gasteiger charge is 2.50. The molecule has 17 atom stereocenters. The number of ether oxygens (including phenoxy) is 8. The zero-order chi connectivity index (χ0) is 36.9. The van der Waals surface area contributed by atoms with Crippen molar-refractivity contribution in [1.82, 2.24) is 4.90 Å². The molecule has 0 aliphatic carbocycles. The van der Waals surface area contributed by atoms with E-state index in [0.29, 0.717) is 19.3 Å². The Morgan fingerprint density at radius 2 is 1.56 bits per heavy atom. The summed E-state index contributed by atoms with van der Waals surface area (Å²) >= 11 is 0. The molecule has 4 heterocycles. The molecule has 4 aliphatic rings. The minimum atomic E-state index is -0.904. The van der Waals surface area contributed by atoms with E-state index in [0.717, 1.165) is 0 Å². The third kappa shape index (κ3) is 10.00. The van der Waals surface area contributed by atoms with Gasteiger partial charge >= 0.3 is 5.97 Å². The number of carbonyl (C=O) groups is 2. The number of methoxy groups -OCH3 is 2. The largest absolute Gasteiger partial charge is 0.459 e. The second kappa shape index (κ2) is 18.3. The number of epoxide rings is 1. The number of hydrogen-bond donors (Lipinski definition) is 2. The predicted octanol–water partition coefficient (Wildman–Crippen LogP) is 2.65. The lowest BCUT2D eigenvalue weighted by Crippen LogP contribution is -2.59. The highest BCUT2D eigenvalue weighted by Crippen LogP contribution is 2.37. The van der Waals surface area contributed by atoms with Crippen LogP contribution in [0.25, 0.3) is 0 Å². The molecule has 0 aromatic rings. The molecular weight excluding hydrogens is 650 g/mol. The van der Waals surface area contributed by atoms with Gasteiger partial charge in [0.15, 0.2) is 18.4 Å². The van der Waals surface area contributed by atoms with Crippen molar-refractivity contribution in [1.29, 1.82) is 0 Å². The molecule has 17 unspecified atom stereocenters. The lowest BCUT2D eigenvalue weighted by molar-refractivity contribution is -0.305. The SMILES string of the molecule is CCC1OC(=O)C=CC(C)C(OC2OC(C)CC(N(C)C)C2O)C(C)CC(C)C(=O)C=CC2OC2C1COC1OC(C)C(O)C(OC)C1OC. The Kier molecular flexibility index (Phi) is 15.0. The second-order valence-corrected chi connectivity index (χ2v) is 14.8. The molecule has 286 valence electrons. The van der Waals surface area contributed by atoms with Gasteiger partial charge in [0.2, 0.25) is 0 Å². The van der Waals surface area contributed by atoms with E-state index >= 15 is 0 Å². The molecule has 0 aromatic heterocycles. The van der Waals surface area contributed by atoms with Gasteiger partial charge in [-0.25, -0.2) is 4.79 Å². The van der Waals surface area contributed by atoms with E-state index in [4.69, 9.17) is 37.9 Å². The van der Waals surface area contributed by atoms with Gasteiger partial charge in [-0.05, 0) is 65.3 Å². The summed E-state index contributed by atoms with van der Waals surface area (Å²) in [5, 5.41) is 21.8. The summed E-state index contributed by atoms with van der Waals surface area (Å²) < 4.78 is 48.1. The number of cyclic esters (lactones) is 1. The number of nitrogens with zero attached hydrogens (tertiary/aromatic N) is 1. The smallest absolute Gasteiger partial charge is 0.330 e. The maximum Gasteiger partial charge on any atom is 0.330 e. The third-order valence-electron chi connectivity index (χ3n) is 10.7. The van der Waals surface area contributed by atoms with Crippen LogP contribution in [0, 0.1) is 23.7 Å². The van der Waals surface area contributed by atoms with Crippen molar-refractivity contribution < 1.29 is 57.7 Å². The maximum absolute atomic E-state index is 13.4. The van der Waals surface area contributed by atoms with Crippen molar-refractivity contribution >= 4 is 11.8 Å². The van der Waals surface area contributed by atoms with Gasteiger partial charge in [-0.2, -0.15) is 0 Å². The van der Waals surface area contributed by atoms with Gasteiger partial charge in [0.25, 0.3) is 0 Å². The van der Waals surface area contributed by atoms with Crippen LogP contribution < -0.4 is 0 Å². The Balaban J connectivity index is 1.56. The Morgan fingerprint density at radius 3 is 2.20 bits per heavy atom. The molecule has 0 bridgehead atoms. The number of aliphatic hydroxyl groups is 2. The molecule has 13 nitrogen and oxygen atoms in total. The van der Waals surface area contributed by atoms with Crippen molar-refractivity contribution in [2.24, 2.45) is 23.7 Å². The van der Waals surface area contributed by atoms with E-state index in [-0.39, 0.29) is 54.5 Å². The molecule has 3 fully saturated rings. The van der Waals surface area contributed by atoms with Crippen LogP contribution in [0.4, 0.5) is 0 Å². The van der Waals surface area contributed by atoms with E-state index < -0.39 is 67.2 Å². The molecule has 4 rings (SSSR count). The Hall–Kier alpha value is -1.78. The lowest BCUT2D eigenvalue weighted by Gasteiger charge is -2.43. The molecule has 0 amide bonds. The molecule has 0 radical (unpaired) electrons. The van der Waals surface area contributed by atoms with Crippen molar-refractivity contribution in [2.45, 2.75) is 140 Å². The summed E-state index contributed by atoms with van der Waals surface area (Å²) in [6.45, 7) is 11.6. The minimum absolute atomic E-state index is 0.0293. The molecule has 0 spiro atoms. The number of fused-ring (bicyclic) bond motifs is 1. The van der Waals surface area contributed by atoms with Gasteiger partial charge in [0.05, 0.1) is 31.0 Å². The number of ketones is 1. The molecule has 4 aliphatic heterocycles. The summed E-state index contributed by atoms with van der Waals surface area (Å²) in [5.74, 6) is -1.66. The Labute approximate surface area is 297 Å². The average Bonchev–Trinajstić information content (AvgIpc) is 3.85. The number of allylic oxidation sites excluding steroid dienone is 1. The first-order chi connectivity index (χ1) is 23.7. The van der Waals surface area contributed by atoms with Crippen LogP contribution in [-0.2, 0) is 47.5 Å². The topological polar surface area (TPSA) is 155 Å². The molecule has 50 heavy (non-hydrogen) atoms. The quantitative estimate of drug-likeness (QED) is 0.266. The zero-order valence-corrected chi connectivity index (χ0v) is 31.4. The molecule has 13 heteroatoms. The van der Waals surface area contributed by atoms with Gasteiger partial charge in [-0.1, -0.05) is 33.8 Å². The van der Waals surface area contributed by atoms with E-state index in [1.807, 2.05) is 53.6 Å². The van der Waals surface area contributed by atoms with Gasteiger partial charge in [-0.3, -0.25) is 4.79 Å². The summed E-state index contributed by atoms with van der Waals surface area (Å²) in [4.78, 5) is 28.7. The molecule has 2 N–H and O–H groups in total. The normalized spacial score (nSPS) is 44.9. The van der Waals surface area contributed by atoms with Crippen LogP contribution >= 0.6 is 0 Å². The fourth-order valence-corrected chi connectivity index (χ4v) is 7.64. The van der Waals surface area contributed by atoms with Crippen molar-refractivity contribution in [2.75, 3.05) is 34.9 Å². The van der Waals surface area contributed by atoms with E-state index in [1.54, 1.807) is 25.2 Å². The van der Waals surface area contributed by atoms with E-state index in [2.05, 4.69) is 0 Å². The highest BCUT2D eigenvalue weighted by atomic mass is 16.7. The summed E-state index contributed by atoms with van der Waals surface area (Å²) in [6.07, 6.45) is 0.848. The van der Waals surface area contributed by atoms with Crippen molar-refractivity contribution in [3.8, 4) is 0 Å². The highest BCUT2D eigenvalue weighted by molar-refractivity contribution is 5.91. The summed E-state index contributed by atoms with van der Waals surface area (Å²) in [5.41, 5.74) is 0. The first-order valence-corrected chi connectivity index (χ1v) is 18.1. The van der Waals surface area contributed by atoms with Crippen molar-refractivity contribution in [3.05, 3.63) is 24.3 Å². The first-order valence-electron chi connectivity index (χ1n) is 18.1. The Bertz CT molecular complexity index is 1170. The van der Waals surface area contributed by atoms with Gasteiger partial charge in [0, 0.05) is 44.1 Å². The van der Waals surface area contributed by atoms with Gasteiger partial charge < -0.3 is 53.0 Å². The second-order valence-electron chi connectivity index (χ2n) is 14.8. The Morgan fingerprint density at radius 1 is 0.860 bits per heavy atom. The van der Waals surface area contributed by atoms with Gasteiger partial charge in [0.1, 0.15) is 36.6 Å². The predicted molar refractivity (Wildman–Crippen MR) is 183 cm³/mol. The standard InChI is InChI=1S/C37H61NO12/c1-11-27-24(18-45-37-35(44-10)34(43-9)30(41)23(6)47-37)33-28(49-33)14-13-26(39)20(3)16-21(4)32(19(2)12-15-29(40)48-27)50-36-31(42)25(38(7)8)17-22(5)46-36/h12-15,19-25,27-28,30-37,41-42H,11,16-18H2,1-10H3. The van der Waals surface area contributed by atoms with E-state index in [1.165, 1.54) is 20.3 Å². The monoisotopic (exact) mass is 711 g/mol. The van der Waals surface area contributed by atoms with Crippen LogP contribution in [0.15, 0.2) is 24.3 Å². The van der Waals surface area contributed by atoms with Crippen LogP contribution in [0.3, 0.4) is 0 Å². The minimum Gasteiger partial charge on any atom is -0.459 e. The van der Waals surface area contributed by atoms with Crippen LogP contribution in [0.5, 0.6) is 0 Å². The zero-order valence-electron chi connectivity index (χ0n) is 31.4.